The van der Waals surface area contributed by atoms with E-state index in [0.29, 0.717) is 0 Å². The molecule has 0 bridgehead atoms. The maximum atomic E-state index is 11.3. The summed E-state index contributed by atoms with van der Waals surface area (Å²) in [7, 11) is 0. The van der Waals surface area contributed by atoms with Crippen LogP contribution in [0.3, 0.4) is 0 Å². The molecule has 0 aliphatic rings. The lowest BCUT2D eigenvalue weighted by Crippen LogP contribution is -2.51. The van der Waals surface area contributed by atoms with Crippen LogP contribution in [0.1, 0.15) is 20.8 Å². The van der Waals surface area contributed by atoms with Crippen LogP contribution >= 0.6 is 43.5 Å². The van der Waals surface area contributed by atoms with E-state index < -0.39 is 45.5 Å². The maximum absolute atomic E-state index is 11.3. The fraction of sp³-hybridized carbons (Fsp3) is 0.667. The lowest BCUT2D eigenvalue weighted by atomic mass is 10.1. The molecule has 3 atom stereocenters. The van der Waals surface area contributed by atoms with E-state index in [9.17, 15) is 19.2 Å². The van der Waals surface area contributed by atoms with Crippen molar-refractivity contribution in [3.8, 4) is 0 Å². The summed E-state index contributed by atoms with van der Waals surface area (Å²) in [5, 5.41) is 0. The molecule has 0 saturated carbocycles. The van der Waals surface area contributed by atoms with Crippen molar-refractivity contribution in [3.63, 3.8) is 0 Å². The van der Waals surface area contributed by atoms with Crippen molar-refractivity contribution >= 4 is 67.8 Å². The molecule has 0 rings (SSSR count). The molecule has 0 heterocycles. The molecule has 0 fully saturated rings. The van der Waals surface area contributed by atoms with Gasteiger partial charge in [-0.25, -0.2) is 0 Å². The normalized spacial score (nSPS) is 14.9. The molecule has 0 aromatic rings. The van der Waals surface area contributed by atoms with Crippen molar-refractivity contribution in [2.45, 2.75) is 41.8 Å². The smallest absolute Gasteiger partial charge is 0.303 e. The second-order valence-corrected chi connectivity index (χ2v) is 9.29. The van der Waals surface area contributed by atoms with E-state index in [1.807, 2.05) is 0 Å². The minimum atomic E-state index is -1.54. The molecule has 0 saturated heterocycles. The third-order valence-corrected chi connectivity index (χ3v) is 3.38. The largest absolute Gasteiger partial charge is 0.462 e. The molecule has 0 unspecified atom stereocenters. The molecule has 23 heavy (non-hydrogen) atoms. The Morgan fingerprint density at radius 1 is 1.09 bits per heavy atom. The molecule has 0 aromatic heterocycles. The number of hydrogen-bond acceptors (Lipinski definition) is 8. The lowest BCUT2D eigenvalue weighted by Gasteiger charge is -2.34. The third kappa shape index (κ3) is 9.11. The minimum absolute atomic E-state index is 0.0772. The van der Waals surface area contributed by atoms with Gasteiger partial charge in [0.1, 0.15) is 6.61 Å². The maximum Gasteiger partial charge on any atom is 0.303 e. The van der Waals surface area contributed by atoms with E-state index in [-0.39, 0.29) is 6.47 Å². The van der Waals surface area contributed by atoms with Crippen LogP contribution in [0.15, 0.2) is 0 Å². The first-order chi connectivity index (χ1) is 10.5. The van der Waals surface area contributed by atoms with Gasteiger partial charge in [0, 0.05) is 20.8 Å². The highest BCUT2D eigenvalue weighted by Crippen LogP contribution is 2.40. The van der Waals surface area contributed by atoms with Gasteiger partial charge in [-0.05, 0) is 0 Å². The zero-order chi connectivity index (χ0) is 18.2. The van der Waals surface area contributed by atoms with Gasteiger partial charge < -0.3 is 18.9 Å². The quantitative estimate of drug-likeness (QED) is 0.211. The Morgan fingerprint density at radius 2 is 1.61 bits per heavy atom. The van der Waals surface area contributed by atoms with Crippen LogP contribution in [-0.4, -0.2) is 52.0 Å². The number of rotatable bonds is 9. The van der Waals surface area contributed by atoms with Crippen molar-refractivity contribution in [2.75, 3.05) is 6.61 Å². The van der Waals surface area contributed by atoms with Crippen molar-refractivity contribution in [1.82, 2.24) is 0 Å². The Labute approximate surface area is 154 Å². The molecule has 0 N–H and O–H groups in total. The van der Waals surface area contributed by atoms with Crippen LogP contribution in [0.25, 0.3) is 0 Å². The standard InChI is InChI=1S/C12H15Br2ClO8/c1-6(17)20-4-9(21-5-16)10(22-7(2)18)11(12(13,14)15)23-8(3)19/h5,9-11H,4H2,1-3H3/t9-,10-,11+/m1/s1. The fourth-order valence-electron chi connectivity index (χ4n) is 1.51. The lowest BCUT2D eigenvalue weighted by molar-refractivity contribution is -0.184. The molecule has 0 aliphatic heterocycles. The van der Waals surface area contributed by atoms with Crippen LogP contribution in [0.2, 0.25) is 0 Å². The van der Waals surface area contributed by atoms with Gasteiger partial charge in [0.05, 0.1) is 0 Å². The summed E-state index contributed by atoms with van der Waals surface area (Å²) >= 11 is 12.1. The summed E-state index contributed by atoms with van der Waals surface area (Å²) in [6.45, 7) is 3.00. The highest BCUT2D eigenvalue weighted by atomic mass is 79.9. The summed E-state index contributed by atoms with van der Waals surface area (Å²) in [4.78, 5) is 44.2. The van der Waals surface area contributed by atoms with Gasteiger partial charge in [0.15, 0.2) is 21.0 Å². The second-order valence-electron chi connectivity index (χ2n) is 4.22. The van der Waals surface area contributed by atoms with Gasteiger partial charge in [-0.3, -0.25) is 19.2 Å². The molecule has 8 nitrogen and oxygen atoms in total. The fourth-order valence-corrected chi connectivity index (χ4v) is 2.38. The first kappa shape index (κ1) is 22.1. The van der Waals surface area contributed by atoms with Crippen molar-refractivity contribution in [3.05, 3.63) is 0 Å². The zero-order valence-electron chi connectivity index (χ0n) is 12.4. The molecule has 0 radical (unpaired) electrons. The molecule has 11 heteroatoms. The average Bonchev–Trinajstić information content (AvgIpc) is 2.36. The zero-order valence-corrected chi connectivity index (χ0v) is 16.3. The second kappa shape index (κ2) is 10.1. The Balaban J connectivity index is 5.60. The monoisotopic (exact) mass is 480 g/mol. The Hall–Kier alpha value is -0.870. The molecule has 0 amide bonds. The Bertz CT molecular complexity index is 451. The summed E-state index contributed by atoms with van der Waals surface area (Å²) in [6, 6.07) is 0. The predicted molar refractivity (Wildman–Crippen MR) is 85.1 cm³/mol. The average molecular weight is 483 g/mol. The summed E-state index contributed by atoms with van der Waals surface area (Å²) in [5.74, 6) is -2.13. The molecular formula is C12H15Br2ClO8. The van der Waals surface area contributed by atoms with Gasteiger partial charge in [-0.2, -0.15) is 0 Å². The minimum Gasteiger partial charge on any atom is -0.462 e. The molecule has 0 spiro atoms. The number of alkyl halides is 3. The highest BCUT2D eigenvalue weighted by Gasteiger charge is 2.47. The van der Waals surface area contributed by atoms with Crippen LogP contribution in [-0.2, 0) is 38.1 Å². The molecule has 0 aromatic carbocycles. The van der Waals surface area contributed by atoms with Crippen molar-refractivity contribution < 1.29 is 38.1 Å². The van der Waals surface area contributed by atoms with Crippen LogP contribution in [0.5, 0.6) is 0 Å². The van der Waals surface area contributed by atoms with Crippen LogP contribution in [0.4, 0.5) is 0 Å². The summed E-state index contributed by atoms with van der Waals surface area (Å²) < 4.78 is 18.1. The summed E-state index contributed by atoms with van der Waals surface area (Å²) in [6.07, 6.45) is -3.92. The van der Waals surface area contributed by atoms with Crippen molar-refractivity contribution in [2.24, 2.45) is 0 Å². The Morgan fingerprint density at radius 3 is 1.96 bits per heavy atom. The Kier molecular flexibility index (Phi) is 9.71. The van der Waals surface area contributed by atoms with Gasteiger partial charge >= 0.3 is 17.9 Å². The first-order valence-corrected chi connectivity index (χ1v) is 8.09. The highest BCUT2D eigenvalue weighted by molar-refractivity contribution is 9.26. The van der Waals surface area contributed by atoms with Crippen molar-refractivity contribution in [1.29, 1.82) is 0 Å². The summed E-state index contributed by atoms with van der Waals surface area (Å²) in [5.41, 5.74) is 0. The van der Waals surface area contributed by atoms with Crippen LogP contribution in [0, 0.1) is 0 Å². The topological polar surface area (TPSA) is 105 Å². The number of carbonyl (C=O) groups is 4. The van der Waals surface area contributed by atoms with E-state index in [4.69, 9.17) is 30.5 Å². The van der Waals surface area contributed by atoms with Gasteiger partial charge in [-0.1, -0.05) is 43.5 Å². The third-order valence-electron chi connectivity index (χ3n) is 2.26. The van der Waals surface area contributed by atoms with Gasteiger partial charge in [0.2, 0.25) is 0 Å². The van der Waals surface area contributed by atoms with Gasteiger partial charge in [0.25, 0.3) is 6.47 Å². The van der Waals surface area contributed by atoms with Crippen LogP contribution < -0.4 is 0 Å². The molecule has 132 valence electrons. The number of halogens is 3. The van der Waals surface area contributed by atoms with Gasteiger partial charge in [-0.15, -0.1) is 0 Å². The number of carbonyl (C=O) groups excluding carboxylic acids is 4. The van der Waals surface area contributed by atoms with E-state index in [0.717, 1.165) is 20.8 Å². The van der Waals surface area contributed by atoms with E-state index >= 15 is 0 Å². The predicted octanol–water partition coefficient (Wildman–Crippen LogP) is 1.64. The number of esters is 3. The van der Waals surface area contributed by atoms with E-state index in [1.54, 1.807) is 0 Å². The van der Waals surface area contributed by atoms with E-state index in [2.05, 4.69) is 31.9 Å². The number of hydrogen-bond donors (Lipinski definition) is 0. The number of ether oxygens (including phenoxy) is 4. The molecular weight excluding hydrogens is 467 g/mol. The SMILES string of the molecule is CC(=O)OC[C@@H](OC=O)[C@@H](OC(C)=O)[C@H](OC(C)=O)C(Cl)(Br)Br. The molecule has 0 aliphatic carbocycles. The van der Waals surface area contributed by atoms with E-state index in [1.165, 1.54) is 0 Å². The first-order valence-electron chi connectivity index (χ1n) is 6.12.